The minimum absolute atomic E-state index is 0.168. The van der Waals surface area contributed by atoms with Crippen LogP contribution in [-0.4, -0.2) is 47.4 Å². The van der Waals surface area contributed by atoms with E-state index in [0.717, 1.165) is 20.9 Å². The van der Waals surface area contributed by atoms with Gasteiger partial charge in [0.15, 0.2) is 5.76 Å². The summed E-state index contributed by atoms with van der Waals surface area (Å²) in [6, 6.07) is 5.17. The van der Waals surface area contributed by atoms with E-state index in [4.69, 9.17) is 9.15 Å². The van der Waals surface area contributed by atoms with Crippen molar-refractivity contribution in [1.29, 1.82) is 0 Å². The van der Waals surface area contributed by atoms with Crippen LogP contribution in [0, 0.1) is 26.7 Å². The van der Waals surface area contributed by atoms with Crippen molar-refractivity contribution in [1.82, 2.24) is 4.90 Å². The van der Waals surface area contributed by atoms with Crippen molar-refractivity contribution in [3.8, 4) is 0 Å². The molecular weight excluding hydrogens is 462 g/mol. The van der Waals surface area contributed by atoms with Crippen LogP contribution in [0.4, 0.5) is 0 Å². The average Bonchev–Trinajstić information content (AvgIpc) is 3.53. The van der Waals surface area contributed by atoms with E-state index in [0.29, 0.717) is 5.76 Å². The average molecular weight is 488 g/mol. The summed E-state index contributed by atoms with van der Waals surface area (Å²) < 4.78 is 10.8. The molecule has 174 valence electrons. The molecular formula is C24H25NO6S2. The summed E-state index contributed by atoms with van der Waals surface area (Å²) in [4.78, 5) is 42.9. The maximum Gasteiger partial charge on any atom is 0.327 e. The van der Waals surface area contributed by atoms with Crippen molar-refractivity contribution >= 4 is 40.3 Å². The summed E-state index contributed by atoms with van der Waals surface area (Å²) in [6.45, 7) is 5.28. The number of carboxylic acid groups (broad SMARTS) is 1. The van der Waals surface area contributed by atoms with Crippen LogP contribution >= 0.6 is 22.7 Å². The minimum Gasteiger partial charge on any atom is -0.480 e. The Bertz CT molecular complexity index is 1190. The highest BCUT2D eigenvalue weighted by atomic mass is 32.1. The number of nitrogens with zero attached hydrogens (tertiary/aromatic N) is 1. The predicted molar refractivity (Wildman–Crippen MR) is 125 cm³/mol. The zero-order chi connectivity index (χ0) is 23.9. The zero-order valence-electron chi connectivity index (χ0n) is 18.7. The second-order valence-corrected chi connectivity index (χ2v) is 10.1. The molecule has 4 rings (SSSR count). The summed E-state index contributed by atoms with van der Waals surface area (Å²) in [6.07, 6.45) is 0. The summed E-state index contributed by atoms with van der Waals surface area (Å²) >= 11 is 2.83. The fourth-order valence-corrected chi connectivity index (χ4v) is 6.92. The highest BCUT2D eigenvalue weighted by Crippen LogP contribution is 2.54. The van der Waals surface area contributed by atoms with Gasteiger partial charge in [-0.15, -0.1) is 22.7 Å². The second kappa shape index (κ2) is 9.24. The first-order valence-electron chi connectivity index (χ1n) is 10.5. The molecule has 0 spiro atoms. The zero-order valence-corrected chi connectivity index (χ0v) is 20.4. The molecule has 3 aromatic heterocycles. The number of methoxy groups -OCH3 is 1. The first-order valence-corrected chi connectivity index (χ1v) is 12.2. The summed E-state index contributed by atoms with van der Waals surface area (Å²) in [5, 5.41) is 14.1. The molecule has 0 bridgehead atoms. The standard InChI is InChI=1S/C24H25NO6S2/c1-12-7-9-32-22(12)18-17(21(27)15-6-5-14(3)31-15)19(23-13(2)8-10-33-23)25(16(26)11-30-4)20(18)24(28)29/h5-10,17-20H,11H2,1-4H3,(H,28,29). The molecule has 1 fully saturated rings. The fraction of sp³-hybridized carbons (Fsp3) is 0.375. The van der Waals surface area contributed by atoms with Crippen molar-refractivity contribution in [3.63, 3.8) is 0 Å². The third-order valence-electron chi connectivity index (χ3n) is 6.14. The lowest BCUT2D eigenvalue weighted by Crippen LogP contribution is -2.45. The molecule has 1 amide bonds. The maximum atomic E-state index is 13.9. The number of carboxylic acids is 1. The number of aliphatic carboxylic acids is 1. The highest BCUT2D eigenvalue weighted by Gasteiger charge is 2.59. The van der Waals surface area contributed by atoms with E-state index in [2.05, 4.69) is 0 Å². The van der Waals surface area contributed by atoms with Crippen LogP contribution in [0.5, 0.6) is 0 Å². The van der Waals surface area contributed by atoms with Crippen LogP contribution in [-0.2, 0) is 14.3 Å². The number of likely N-dealkylation sites (tertiary alicyclic amines) is 1. The number of ether oxygens (including phenoxy) is 1. The molecule has 1 aliphatic heterocycles. The van der Waals surface area contributed by atoms with Gasteiger partial charge in [0, 0.05) is 22.8 Å². The predicted octanol–water partition coefficient (Wildman–Crippen LogP) is 4.59. The van der Waals surface area contributed by atoms with Gasteiger partial charge in [0.25, 0.3) is 0 Å². The summed E-state index contributed by atoms with van der Waals surface area (Å²) in [5.74, 6) is -2.72. The molecule has 0 saturated carbocycles. The van der Waals surface area contributed by atoms with Gasteiger partial charge in [0.2, 0.25) is 11.7 Å². The van der Waals surface area contributed by atoms with E-state index in [1.165, 1.54) is 34.7 Å². The van der Waals surface area contributed by atoms with Crippen LogP contribution in [0.15, 0.2) is 39.4 Å². The molecule has 0 aliphatic carbocycles. The Morgan fingerprint density at radius 1 is 1.03 bits per heavy atom. The van der Waals surface area contributed by atoms with Gasteiger partial charge in [0.1, 0.15) is 18.4 Å². The van der Waals surface area contributed by atoms with Gasteiger partial charge in [-0.3, -0.25) is 9.59 Å². The molecule has 1 N–H and O–H groups in total. The third-order valence-corrected chi connectivity index (χ3v) is 8.35. The molecule has 0 aromatic carbocycles. The number of ketones is 1. The van der Waals surface area contributed by atoms with Crippen LogP contribution in [0.1, 0.15) is 49.2 Å². The van der Waals surface area contributed by atoms with Gasteiger partial charge < -0.3 is 19.2 Å². The van der Waals surface area contributed by atoms with Crippen molar-refractivity contribution in [2.45, 2.75) is 38.8 Å². The first-order chi connectivity index (χ1) is 15.8. The minimum atomic E-state index is -1.22. The number of thiophene rings is 2. The maximum absolute atomic E-state index is 13.9. The van der Waals surface area contributed by atoms with Gasteiger partial charge in [-0.05, 0) is 66.9 Å². The smallest absolute Gasteiger partial charge is 0.327 e. The number of carbonyl (C=O) groups is 3. The van der Waals surface area contributed by atoms with Crippen molar-refractivity contribution < 1.29 is 28.6 Å². The molecule has 1 aliphatic rings. The Morgan fingerprint density at radius 3 is 2.15 bits per heavy atom. The van der Waals surface area contributed by atoms with Crippen molar-refractivity contribution in [3.05, 3.63) is 67.4 Å². The SMILES string of the molecule is COCC(=O)N1C(C(=O)O)C(c2sccc2C)C(C(=O)c2ccc(C)o2)C1c1sccc1C. The lowest BCUT2D eigenvalue weighted by molar-refractivity contribution is -0.151. The fourth-order valence-electron chi connectivity index (χ4n) is 4.74. The number of carbonyl (C=O) groups excluding carboxylic acids is 2. The van der Waals surface area contributed by atoms with Crippen LogP contribution in [0.3, 0.4) is 0 Å². The Morgan fingerprint density at radius 2 is 1.67 bits per heavy atom. The Kier molecular flexibility index (Phi) is 6.56. The number of furan rings is 1. The third kappa shape index (κ3) is 4.05. The lowest BCUT2D eigenvalue weighted by atomic mass is 9.80. The van der Waals surface area contributed by atoms with Crippen molar-refractivity contribution in [2.75, 3.05) is 13.7 Å². The number of hydrogen-bond acceptors (Lipinski definition) is 7. The molecule has 1 saturated heterocycles. The quantitative estimate of drug-likeness (QED) is 0.490. The van der Waals surface area contributed by atoms with E-state index in [9.17, 15) is 19.5 Å². The number of hydrogen-bond donors (Lipinski definition) is 1. The molecule has 0 radical (unpaired) electrons. The molecule has 3 aromatic rings. The van der Waals surface area contributed by atoms with Crippen LogP contribution in [0.2, 0.25) is 0 Å². The van der Waals surface area contributed by atoms with Gasteiger partial charge in [-0.25, -0.2) is 4.79 Å². The van der Waals surface area contributed by atoms with Crippen LogP contribution < -0.4 is 0 Å². The Hall–Kier alpha value is -2.75. The molecule has 4 unspecified atom stereocenters. The van der Waals surface area contributed by atoms with Crippen LogP contribution in [0.25, 0.3) is 0 Å². The van der Waals surface area contributed by atoms with Gasteiger partial charge in [0.05, 0.1) is 12.0 Å². The van der Waals surface area contributed by atoms with Gasteiger partial charge in [-0.2, -0.15) is 0 Å². The molecule has 33 heavy (non-hydrogen) atoms. The van der Waals surface area contributed by atoms with Crippen molar-refractivity contribution in [2.24, 2.45) is 5.92 Å². The van der Waals surface area contributed by atoms with Gasteiger partial charge >= 0.3 is 5.97 Å². The Balaban J connectivity index is 1.98. The largest absolute Gasteiger partial charge is 0.480 e. The topological polar surface area (TPSA) is 97.0 Å². The molecule has 7 nitrogen and oxygen atoms in total. The normalized spacial score (nSPS) is 22.6. The van der Waals surface area contributed by atoms with Gasteiger partial charge in [-0.1, -0.05) is 0 Å². The van der Waals surface area contributed by atoms with E-state index < -0.39 is 35.8 Å². The van der Waals surface area contributed by atoms with E-state index in [-0.39, 0.29) is 18.2 Å². The lowest BCUT2D eigenvalue weighted by Gasteiger charge is -2.29. The highest BCUT2D eigenvalue weighted by molar-refractivity contribution is 7.10. The monoisotopic (exact) mass is 487 g/mol. The summed E-state index contributed by atoms with van der Waals surface area (Å²) in [5.41, 5.74) is 1.80. The molecule has 9 heteroatoms. The number of amides is 1. The number of aryl methyl sites for hydroxylation is 3. The number of rotatable bonds is 7. The molecule has 4 atom stereocenters. The summed E-state index contributed by atoms with van der Waals surface area (Å²) in [7, 11) is 1.39. The van der Waals surface area contributed by atoms with E-state index >= 15 is 0 Å². The first kappa shape index (κ1) is 23.4. The number of Topliss-reactive ketones (excluding diaryl/α,β-unsaturated/α-hetero) is 1. The Labute approximate surface area is 199 Å². The van der Waals surface area contributed by atoms with E-state index in [1.807, 2.05) is 36.7 Å². The van der Waals surface area contributed by atoms with E-state index in [1.54, 1.807) is 19.1 Å². The second-order valence-electron chi connectivity index (χ2n) is 8.22. The molecule has 4 heterocycles.